The first-order chi connectivity index (χ1) is 7.19. The molecular weight excluding hydrogens is 198 g/mol. The second kappa shape index (κ2) is 5.16. The molecule has 0 aliphatic carbocycles. The molecule has 1 aromatic rings. The Morgan fingerprint density at radius 2 is 2.27 bits per heavy atom. The Morgan fingerprint density at radius 3 is 2.80 bits per heavy atom. The van der Waals surface area contributed by atoms with E-state index in [0.29, 0.717) is 17.9 Å². The summed E-state index contributed by atoms with van der Waals surface area (Å²) in [6, 6.07) is 4.78. The van der Waals surface area contributed by atoms with Gasteiger partial charge in [0.05, 0.1) is 11.5 Å². The molecule has 0 spiro atoms. The Bertz CT molecular complexity index is 354. The summed E-state index contributed by atoms with van der Waals surface area (Å²) in [7, 11) is 1.69. The van der Waals surface area contributed by atoms with Crippen molar-refractivity contribution in [2.75, 3.05) is 30.8 Å². The third-order valence-electron chi connectivity index (χ3n) is 1.91. The van der Waals surface area contributed by atoms with Gasteiger partial charge in [0, 0.05) is 25.3 Å². The van der Waals surface area contributed by atoms with E-state index < -0.39 is 4.92 Å². The van der Waals surface area contributed by atoms with Gasteiger partial charge in [-0.3, -0.25) is 10.1 Å². The second-order valence-corrected chi connectivity index (χ2v) is 2.89. The summed E-state index contributed by atoms with van der Waals surface area (Å²) in [4.78, 5) is 10.3. The molecule has 0 atom stereocenters. The van der Waals surface area contributed by atoms with Crippen molar-refractivity contribution in [2.45, 2.75) is 0 Å². The molecule has 0 bridgehead atoms. The normalized spacial score (nSPS) is 9.73. The van der Waals surface area contributed by atoms with Crippen LogP contribution in [0.4, 0.5) is 17.1 Å². The fourth-order valence-electron chi connectivity index (χ4n) is 1.18. The number of hydrogen-bond acceptors (Lipinski definition) is 5. The van der Waals surface area contributed by atoms with Crippen LogP contribution >= 0.6 is 0 Å². The summed E-state index contributed by atoms with van der Waals surface area (Å²) in [6.07, 6.45) is 0. The molecule has 0 aliphatic rings. The lowest BCUT2D eigenvalue weighted by Crippen LogP contribution is -2.07. The SMILES string of the molecule is CNc1ccc(NCCO)c([N+](=O)[O-])c1. The van der Waals surface area contributed by atoms with Crippen LogP contribution in [0.3, 0.4) is 0 Å². The van der Waals surface area contributed by atoms with E-state index in [4.69, 9.17) is 5.11 Å². The number of benzene rings is 1. The summed E-state index contributed by atoms with van der Waals surface area (Å²) in [6.45, 7) is 0.227. The van der Waals surface area contributed by atoms with E-state index in [1.807, 2.05) is 0 Å². The van der Waals surface area contributed by atoms with Crippen molar-refractivity contribution in [3.8, 4) is 0 Å². The Labute approximate surface area is 87.1 Å². The molecule has 1 rings (SSSR count). The predicted molar refractivity (Wildman–Crippen MR) is 58.2 cm³/mol. The molecule has 6 nitrogen and oxygen atoms in total. The number of aliphatic hydroxyl groups excluding tert-OH is 1. The summed E-state index contributed by atoms with van der Waals surface area (Å²) < 4.78 is 0. The third kappa shape index (κ3) is 2.81. The maximum atomic E-state index is 10.7. The van der Waals surface area contributed by atoms with Crippen LogP contribution in [0, 0.1) is 10.1 Å². The third-order valence-corrected chi connectivity index (χ3v) is 1.91. The van der Waals surface area contributed by atoms with Crippen LogP contribution in [0.5, 0.6) is 0 Å². The second-order valence-electron chi connectivity index (χ2n) is 2.89. The lowest BCUT2D eigenvalue weighted by molar-refractivity contribution is -0.383. The van der Waals surface area contributed by atoms with Gasteiger partial charge in [-0.25, -0.2) is 0 Å². The first kappa shape index (κ1) is 11.3. The molecule has 0 radical (unpaired) electrons. The zero-order valence-electron chi connectivity index (χ0n) is 8.36. The smallest absolute Gasteiger partial charge is 0.294 e. The fraction of sp³-hybridized carbons (Fsp3) is 0.333. The van der Waals surface area contributed by atoms with E-state index in [9.17, 15) is 10.1 Å². The Morgan fingerprint density at radius 1 is 1.53 bits per heavy atom. The molecule has 0 fully saturated rings. The Hall–Kier alpha value is -1.82. The van der Waals surface area contributed by atoms with E-state index in [1.165, 1.54) is 6.07 Å². The van der Waals surface area contributed by atoms with E-state index in [0.717, 1.165) is 0 Å². The van der Waals surface area contributed by atoms with Crippen LogP contribution in [0.25, 0.3) is 0 Å². The number of nitro benzene ring substituents is 1. The number of nitro groups is 1. The van der Waals surface area contributed by atoms with E-state index in [2.05, 4.69) is 10.6 Å². The van der Waals surface area contributed by atoms with Crippen LogP contribution in [0.15, 0.2) is 18.2 Å². The fourth-order valence-corrected chi connectivity index (χ4v) is 1.18. The Kier molecular flexibility index (Phi) is 3.87. The summed E-state index contributed by atoms with van der Waals surface area (Å²) >= 11 is 0. The maximum Gasteiger partial charge on any atom is 0.294 e. The van der Waals surface area contributed by atoms with Crippen molar-refractivity contribution < 1.29 is 10.0 Å². The molecule has 15 heavy (non-hydrogen) atoms. The average Bonchev–Trinajstić information content (AvgIpc) is 2.26. The van der Waals surface area contributed by atoms with Gasteiger partial charge in [-0.1, -0.05) is 0 Å². The van der Waals surface area contributed by atoms with Gasteiger partial charge in [0.1, 0.15) is 5.69 Å². The maximum absolute atomic E-state index is 10.7. The van der Waals surface area contributed by atoms with Gasteiger partial charge in [-0.15, -0.1) is 0 Å². The van der Waals surface area contributed by atoms with Gasteiger partial charge in [-0.2, -0.15) is 0 Å². The number of hydrogen-bond donors (Lipinski definition) is 3. The molecule has 0 saturated carbocycles. The van der Waals surface area contributed by atoms with E-state index >= 15 is 0 Å². The zero-order chi connectivity index (χ0) is 11.3. The summed E-state index contributed by atoms with van der Waals surface area (Å²) in [5.41, 5.74) is 1.08. The van der Waals surface area contributed by atoms with Crippen LogP contribution < -0.4 is 10.6 Å². The first-order valence-corrected chi connectivity index (χ1v) is 4.50. The average molecular weight is 211 g/mol. The largest absolute Gasteiger partial charge is 0.395 e. The van der Waals surface area contributed by atoms with Crippen LogP contribution in [0.1, 0.15) is 0 Å². The highest BCUT2D eigenvalue weighted by molar-refractivity contribution is 5.67. The molecule has 0 heterocycles. The van der Waals surface area contributed by atoms with Crippen molar-refractivity contribution in [3.05, 3.63) is 28.3 Å². The molecule has 0 aliphatic heterocycles. The van der Waals surface area contributed by atoms with Gasteiger partial charge in [-0.05, 0) is 12.1 Å². The van der Waals surface area contributed by atoms with Crippen molar-refractivity contribution in [1.82, 2.24) is 0 Å². The van der Waals surface area contributed by atoms with Crippen LogP contribution in [-0.2, 0) is 0 Å². The number of aliphatic hydroxyl groups is 1. The molecule has 3 N–H and O–H groups in total. The highest BCUT2D eigenvalue weighted by Gasteiger charge is 2.13. The molecule has 1 aromatic carbocycles. The number of rotatable bonds is 5. The van der Waals surface area contributed by atoms with Gasteiger partial charge in [0.15, 0.2) is 0 Å². The molecule has 0 amide bonds. The highest BCUT2D eigenvalue weighted by Crippen LogP contribution is 2.27. The summed E-state index contributed by atoms with van der Waals surface area (Å²) in [5, 5.41) is 24.9. The standard InChI is InChI=1S/C9H13N3O3/c1-10-7-2-3-8(11-4-5-13)9(6-7)12(14)15/h2-3,6,10-11,13H,4-5H2,1H3. The minimum atomic E-state index is -0.458. The topological polar surface area (TPSA) is 87.4 Å². The molecule has 0 unspecified atom stereocenters. The van der Waals surface area contributed by atoms with Crippen molar-refractivity contribution in [3.63, 3.8) is 0 Å². The highest BCUT2D eigenvalue weighted by atomic mass is 16.6. The lowest BCUT2D eigenvalue weighted by atomic mass is 10.2. The van der Waals surface area contributed by atoms with E-state index in [1.54, 1.807) is 19.2 Å². The van der Waals surface area contributed by atoms with Gasteiger partial charge in [0.2, 0.25) is 0 Å². The van der Waals surface area contributed by atoms with Crippen molar-refractivity contribution in [1.29, 1.82) is 0 Å². The van der Waals surface area contributed by atoms with Gasteiger partial charge >= 0.3 is 0 Å². The van der Waals surface area contributed by atoms with Crippen LogP contribution in [0.2, 0.25) is 0 Å². The minimum absolute atomic E-state index is 0.00435. The van der Waals surface area contributed by atoms with Crippen LogP contribution in [-0.4, -0.2) is 30.2 Å². The predicted octanol–water partition coefficient (Wildman–Crippen LogP) is 1.04. The number of nitrogens with one attached hydrogen (secondary N) is 2. The Balaban J connectivity index is 2.98. The minimum Gasteiger partial charge on any atom is -0.395 e. The van der Waals surface area contributed by atoms with E-state index in [-0.39, 0.29) is 12.3 Å². The molecule has 82 valence electrons. The number of anilines is 2. The quantitative estimate of drug-likeness (QED) is 0.500. The monoisotopic (exact) mass is 211 g/mol. The number of nitrogens with zero attached hydrogens (tertiary/aromatic N) is 1. The first-order valence-electron chi connectivity index (χ1n) is 4.50. The van der Waals surface area contributed by atoms with Crippen molar-refractivity contribution in [2.24, 2.45) is 0 Å². The zero-order valence-corrected chi connectivity index (χ0v) is 8.36. The molecule has 0 aromatic heterocycles. The molecule has 6 heteroatoms. The van der Waals surface area contributed by atoms with Gasteiger partial charge < -0.3 is 15.7 Å². The van der Waals surface area contributed by atoms with Crippen molar-refractivity contribution >= 4 is 17.1 Å². The van der Waals surface area contributed by atoms with Gasteiger partial charge in [0.25, 0.3) is 5.69 Å². The molecule has 0 saturated heterocycles. The molecular formula is C9H13N3O3. The summed E-state index contributed by atoms with van der Waals surface area (Å²) in [5.74, 6) is 0. The lowest BCUT2D eigenvalue weighted by Gasteiger charge is -2.07.